The molecule has 9 N–H and O–H groups in total. The zero-order chi connectivity index (χ0) is 26.9. The quantitative estimate of drug-likeness (QED) is 0.188. The highest BCUT2D eigenvalue weighted by molar-refractivity contribution is 8.04. The number of nitrogens with zero attached hydrogens (tertiary/aromatic N) is 1. The molecule has 0 bridgehead atoms. The highest BCUT2D eigenvalue weighted by Gasteiger charge is 2.51. The van der Waals surface area contributed by atoms with Crippen LogP contribution in [-0.4, -0.2) is 115 Å². The van der Waals surface area contributed by atoms with E-state index in [1.54, 1.807) is 29.8 Å². The molecule has 1 saturated carbocycles. The fourth-order valence-electron chi connectivity index (χ4n) is 7.14. The van der Waals surface area contributed by atoms with Gasteiger partial charge in [-0.15, -0.1) is 11.8 Å². The van der Waals surface area contributed by atoms with Gasteiger partial charge in [0, 0.05) is 68.0 Å². The van der Waals surface area contributed by atoms with Gasteiger partial charge in [0.2, 0.25) is 5.91 Å². The van der Waals surface area contributed by atoms with Crippen LogP contribution in [0.2, 0.25) is 0 Å². The van der Waals surface area contributed by atoms with Crippen LogP contribution in [-0.2, 0) is 19.1 Å². The monoisotopic (exact) mass is 582 g/mol. The van der Waals surface area contributed by atoms with E-state index >= 15 is 0 Å². The Morgan fingerprint density at radius 2 is 1.92 bits per heavy atom. The zero-order valence-electron chi connectivity index (χ0n) is 22.5. The lowest BCUT2D eigenvalue weighted by atomic mass is 9.87. The number of morpholine rings is 1. The Balaban J connectivity index is 1.12. The summed E-state index contributed by atoms with van der Waals surface area (Å²) in [5, 5.41) is 12.5. The Morgan fingerprint density at radius 3 is 2.72 bits per heavy atom. The number of primary amides is 1. The summed E-state index contributed by atoms with van der Waals surface area (Å²) in [6.45, 7) is 5.09. The number of nitrogens with two attached hydrogens (primary N) is 1. The lowest BCUT2D eigenvalue weighted by Crippen LogP contribution is -2.72. The third-order valence-electron chi connectivity index (χ3n) is 9.27. The molecule has 8 unspecified atom stereocenters. The maximum atomic E-state index is 13.0. The second-order valence-electron chi connectivity index (χ2n) is 11.8. The van der Waals surface area contributed by atoms with Gasteiger partial charge in [-0.25, -0.2) is 0 Å². The molecule has 1 amide bonds. The molecule has 0 aromatic carbocycles. The lowest BCUT2D eigenvalue weighted by molar-refractivity contribution is -0.431. The molecule has 0 radical (unpaired) electrons. The van der Waals surface area contributed by atoms with Gasteiger partial charge in [0.1, 0.15) is 12.1 Å². The summed E-state index contributed by atoms with van der Waals surface area (Å²) >= 11 is 3.53. The average Bonchev–Trinajstić information content (AvgIpc) is 3.57. The third-order valence-corrected chi connectivity index (χ3v) is 12.0. The molecule has 5 aliphatic heterocycles. The molecule has 5 fully saturated rings. The number of ketones is 1. The number of hydrogen-bond acceptors (Lipinski definition) is 11. The molecule has 0 aromatic rings. The second-order valence-corrected chi connectivity index (χ2v) is 14.1. The first kappa shape index (κ1) is 28.2. The first-order chi connectivity index (χ1) is 19.0. The van der Waals surface area contributed by atoms with Crippen LogP contribution in [0.3, 0.4) is 0 Å². The van der Waals surface area contributed by atoms with Crippen molar-refractivity contribution in [2.75, 3.05) is 46.0 Å². The van der Waals surface area contributed by atoms with Crippen LogP contribution in [0.5, 0.6) is 0 Å². The van der Waals surface area contributed by atoms with Gasteiger partial charge in [0.15, 0.2) is 5.78 Å². The van der Waals surface area contributed by atoms with Crippen molar-refractivity contribution in [1.29, 1.82) is 0 Å². The molecular weight excluding hydrogens is 538 g/mol. The van der Waals surface area contributed by atoms with Crippen molar-refractivity contribution < 1.29 is 24.8 Å². The minimum atomic E-state index is -0.412. The number of thioether (sulfide) groups is 1. The predicted molar refractivity (Wildman–Crippen MR) is 152 cm³/mol. The Kier molecular flexibility index (Phi) is 9.08. The molecule has 6 rings (SSSR count). The maximum Gasteiger partial charge on any atom is 0.236 e. The SMILES string of the molecule is NC(=O)C1NCC(N[C@H]2CCCC[C@H]2[NH3+])CC1NC1CNSC1C1COC2C(=O)C=C(N3CCOCC3)SC21. The molecular formula is C26H44N7O4S2+. The molecule has 4 saturated heterocycles. The summed E-state index contributed by atoms with van der Waals surface area (Å²) in [6.07, 6.45) is 7.06. The number of rotatable bonds is 7. The summed E-state index contributed by atoms with van der Waals surface area (Å²) in [6, 6.07) is 0.772. The average molecular weight is 583 g/mol. The van der Waals surface area contributed by atoms with Gasteiger partial charge < -0.3 is 41.8 Å². The summed E-state index contributed by atoms with van der Waals surface area (Å²) in [4.78, 5) is 27.7. The number of carbonyl (C=O) groups is 2. The third kappa shape index (κ3) is 6.17. The van der Waals surface area contributed by atoms with Gasteiger partial charge in [0.25, 0.3) is 0 Å². The number of amides is 1. The van der Waals surface area contributed by atoms with Gasteiger partial charge in [-0.1, -0.05) is 18.4 Å². The van der Waals surface area contributed by atoms with Crippen LogP contribution < -0.4 is 32.1 Å². The number of ether oxygens (including phenoxy) is 2. The van der Waals surface area contributed by atoms with Crippen LogP contribution >= 0.6 is 23.7 Å². The van der Waals surface area contributed by atoms with Crippen LogP contribution in [0.1, 0.15) is 32.1 Å². The van der Waals surface area contributed by atoms with Gasteiger partial charge in [-0.2, -0.15) is 0 Å². The molecule has 6 aliphatic rings. The number of carbonyl (C=O) groups excluding carboxylic acids is 2. The van der Waals surface area contributed by atoms with Gasteiger partial charge in [-0.05, 0) is 19.3 Å². The van der Waals surface area contributed by atoms with E-state index in [0.717, 1.165) is 44.0 Å². The lowest BCUT2D eigenvalue weighted by Gasteiger charge is -2.41. The zero-order valence-corrected chi connectivity index (χ0v) is 24.2. The van der Waals surface area contributed by atoms with Crippen molar-refractivity contribution in [3.05, 3.63) is 11.1 Å². The normalized spacial score (nSPS) is 43.3. The van der Waals surface area contributed by atoms with Crippen LogP contribution in [0, 0.1) is 5.92 Å². The number of hydrogen-bond donors (Lipinski definition) is 6. The van der Waals surface area contributed by atoms with Crippen molar-refractivity contribution >= 4 is 35.4 Å². The Morgan fingerprint density at radius 1 is 1.10 bits per heavy atom. The van der Waals surface area contributed by atoms with Gasteiger partial charge in [0.05, 0.1) is 42.2 Å². The van der Waals surface area contributed by atoms with Gasteiger partial charge >= 0.3 is 0 Å². The van der Waals surface area contributed by atoms with E-state index in [9.17, 15) is 9.59 Å². The minimum absolute atomic E-state index is 0.0730. The molecule has 10 atom stereocenters. The molecule has 5 heterocycles. The predicted octanol–water partition coefficient (Wildman–Crippen LogP) is -1.84. The van der Waals surface area contributed by atoms with E-state index in [1.807, 2.05) is 0 Å². The first-order valence-corrected chi connectivity index (χ1v) is 16.4. The summed E-state index contributed by atoms with van der Waals surface area (Å²) in [5.41, 5.74) is 10.2. The molecule has 13 heteroatoms. The Labute approximate surface area is 239 Å². The van der Waals surface area contributed by atoms with E-state index in [1.165, 1.54) is 19.3 Å². The van der Waals surface area contributed by atoms with E-state index in [0.29, 0.717) is 31.9 Å². The highest BCUT2D eigenvalue weighted by atomic mass is 32.2. The highest BCUT2D eigenvalue weighted by Crippen LogP contribution is 2.46. The summed E-state index contributed by atoms with van der Waals surface area (Å²) < 4.78 is 15.1. The minimum Gasteiger partial charge on any atom is -0.378 e. The fraction of sp³-hybridized carbons (Fsp3) is 0.846. The number of fused-ring (bicyclic) bond motifs is 1. The molecule has 0 spiro atoms. The number of piperidine rings is 1. The Hall–Kier alpha value is -0.900. The van der Waals surface area contributed by atoms with E-state index < -0.39 is 6.04 Å². The molecule has 218 valence electrons. The van der Waals surface area contributed by atoms with E-state index in [-0.39, 0.29) is 52.3 Å². The van der Waals surface area contributed by atoms with Crippen molar-refractivity contribution in [1.82, 2.24) is 25.6 Å². The van der Waals surface area contributed by atoms with E-state index in [2.05, 4.69) is 31.3 Å². The second kappa shape index (κ2) is 12.5. The summed E-state index contributed by atoms with van der Waals surface area (Å²) in [7, 11) is 0. The topological polar surface area (TPSA) is 158 Å². The maximum absolute atomic E-state index is 13.0. The van der Waals surface area contributed by atoms with Crippen LogP contribution in [0.4, 0.5) is 0 Å². The molecule has 1 aliphatic carbocycles. The Bertz CT molecular complexity index is 938. The fourth-order valence-corrected chi connectivity index (χ4v) is 10.0. The first-order valence-electron chi connectivity index (χ1n) is 14.6. The van der Waals surface area contributed by atoms with E-state index in [4.69, 9.17) is 15.2 Å². The summed E-state index contributed by atoms with van der Waals surface area (Å²) in [5.74, 6) is -0.0292. The van der Waals surface area contributed by atoms with Crippen molar-refractivity contribution in [2.45, 2.75) is 85.0 Å². The number of quaternary nitrogens is 1. The van der Waals surface area contributed by atoms with Crippen molar-refractivity contribution in [2.24, 2.45) is 11.7 Å². The standard InChI is InChI=1S/C26H43N7O4S2/c27-16-3-1-2-4-17(16)31-14-9-18(22(26(28)35)29-11-14)32-19-12-30-39-24(19)15-13-37-23-20(34)10-21(38-25(15)23)33-5-7-36-8-6-33/h10,14-19,22-25,29-32H,1-9,11-13,27H2,(H2,28,35)/p+1/t14?,15?,16-,17+,18?,19?,22?,23?,24?,25?/m1/s1. The largest absolute Gasteiger partial charge is 0.378 e. The van der Waals surface area contributed by atoms with Crippen LogP contribution in [0.15, 0.2) is 11.1 Å². The van der Waals surface area contributed by atoms with Gasteiger partial charge in [-0.3, -0.25) is 14.3 Å². The van der Waals surface area contributed by atoms with Crippen molar-refractivity contribution in [3.8, 4) is 0 Å². The van der Waals surface area contributed by atoms with Crippen LogP contribution in [0.25, 0.3) is 0 Å². The smallest absolute Gasteiger partial charge is 0.236 e. The molecule has 0 aromatic heterocycles. The molecule has 39 heavy (non-hydrogen) atoms. The van der Waals surface area contributed by atoms with Crippen molar-refractivity contribution in [3.63, 3.8) is 0 Å². The molecule has 11 nitrogen and oxygen atoms in total. The number of nitrogens with one attached hydrogen (secondary N) is 4.